The number of hydrogen-bond acceptors (Lipinski definition) is 5. The molecule has 25 heavy (non-hydrogen) atoms. The van der Waals surface area contributed by atoms with E-state index in [0.717, 1.165) is 0 Å². The van der Waals surface area contributed by atoms with Crippen molar-refractivity contribution in [2.75, 3.05) is 14.2 Å². The Hall–Kier alpha value is -2.11. The molecular formula is C17H16ClN2O4P. The molecule has 0 fully saturated rings. The van der Waals surface area contributed by atoms with Gasteiger partial charge in [0.15, 0.2) is 5.30 Å². The summed E-state index contributed by atoms with van der Waals surface area (Å²) in [4.78, 5) is 0. The molecule has 0 aliphatic heterocycles. The fourth-order valence-electron chi connectivity index (χ4n) is 2.46. The number of benzene rings is 2. The van der Waals surface area contributed by atoms with Crippen LogP contribution < -0.4 is 5.30 Å². The summed E-state index contributed by atoms with van der Waals surface area (Å²) in [6.45, 7) is 0. The molecule has 2 aromatic carbocycles. The first-order valence-corrected chi connectivity index (χ1v) is 9.27. The minimum atomic E-state index is -3.74. The van der Waals surface area contributed by atoms with E-state index in [2.05, 4.69) is 5.10 Å². The third-order valence-electron chi connectivity index (χ3n) is 3.71. The van der Waals surface area contributed by atoms with Crippen molar-refractivity contribution < 1.29 is 18.7 Å². The maximum Gasteiger partial charge on any atom is 0.368 e. The van der Waals surface area contributed by atoms with E-state index in [9.17, 15) is 9.67 Å². The molecule has 130 valence electrons. The van der Waals surface area contributed by atoms with E-state index >= 15 is 0 Å². The molecule has 0 spiro atoms. The van der Waals surface area contributed by atoms with Gasteiger partial charge in [-0.15, -0.1) is 0 Å². The van der Waals surface area contributed by atoms with E-state index in [1.165, 1.54) is 18.9 Å². The Balaban J connectivity index is 2.28. The Labute approximate surface area is 150 Å². The van der Waals surface area contributed by atoms with Crippen LogP contribution in [0.3, 0.4) is 0 Å². The zero-order valence-corrected chi connectivity index (χ0v) is 15.2. The van der Waals surface area contributed by atoms with Crippen molar-refractivity contribution in [3.63, 3.8) is 0 Å². The smallest absolute Gasteiger partial charge is 0.368 e. The number of nitrogens with zero attached hydrogens (tertiary/aromatic N) is 2. The molecule has 1 aromatic heterocycles. The fraction of sp³-hybridized carbons (Fsp3) is 0.118. The second-order valence-electron chi connectivity index (χ2n) is 5.14. The van der Waals surface area contributed by atoms with Crippen molar-refractivity contribution >= 4 is 24.5 Å². The minimum Gasteiger partial charge on any atom is -0.493 e. The van der Waals surface area contributed by atoms with Gasteiger partial charge in [0.05, 0.1) is 5.69 Å². The van der Waals surface area contributed by atoms with Gasteiger partial charge in [0, 0.05) is 24.8 Å². The summed E-state index contributed by atoms with van der Waals surface area (Å²) in [6, 6.07) is 15.8. The lowest BCUT2D eigenvalue weighted by Gasteiger charge is -2.14. The second kappa shape index (κ2) is 7.02. The van der Waals surface area contributed by atoms with E-state index in [4.69, 9.17) is 20.6 Å². The van der Waals surface area contributed by atoms with Gasteiger partial charge in [-0.2, -0.15) is 9.78 Å². The highest BCUT2D eigenvalue weighted by atomic mass is 35.5. The molecule has 6 nitrogen and oxygen atoms in total. The first-order chi connectivity index (χ1) is 12.0. The second-order valence-corrected chi connectivity index (χ2v) is 7.75. The van der Waals surface area contributed by atoms with Crippen LogP contribution in [0.15, 0.2) is 54.6 Å². The predicted octanol–water partition coefficient (Wildman–Crippen LogP) is 4.01. The van der Waals surface area contributed by atoms with Gasteiger partial charge in [-0.05, 0) is 24.3 Å². The number of halogens is 1. The zero-order chi connectivity index (χ0) is 18.0. The largest absolute Gasteiger partial charge is 0.493 e. The molecule has 8 heteroatoms. The summed E-state index contributed by atoms with van der Waals surface area (Å²) in [5.41, 5.74) is 1.55. The Morgan fingerprint density at radius 1 is 1.04 bits per heavy atom. The summed E-state index contributed by atoms with van der Waals surface area (Å²) in [5, 5.41) is 15.7. The molecule has 0 atom stereocenters. The van der Waals surface area contributed by atoms with E-state index < -0.39 is 7.60 Å². The lowest BCUT2D eigenvalue weighted by molar-refractivity contribution is 0.286. The molecule has 3 aromatic rings. The summed E-state index contributed by atoms with van der Waals surface area (Å²) in [6.07, 6.45) is 0. The molecule has 0 saturated carbocycles. The van der Waals surface area contributed by atoms with Crippen LogP contribution >= 0.6 is 19.2 Å². The molecule has 0 bridgehead atoms. The molecule has 0 radical (unpaired) electrons. The topological polar surface area (TPSA) is 73.6 Å². The van der Waals surface area contributed by atoms with Gasteiger partial charge in [-0.25, -0.2) is 0 Å². The van der Waals surface area contributed by atoms with Crippen LogP contribution in [0, 0.1) is 0 Å². The van der Waals surface area contributed by atoms with Crippen molar-refractivity contribution in [1.29, 1.82) is 0 Å². The third kappa shape index (κ3) is 3.22. The monoisotopic (exact) mass is 378 g/mol. The normalized spacial score (nSPS) is 11.6. The predicted molar refractivity (Wildman–Crippen MR) is 96.9 cm³/mol. The van der Waals surface area contributed by atoms with Crippen LogP contribution in [-0.4, -0.2) is 29.1 Å². The third-order valence-corrected chi connectivity index (χ3v) is 5.88. The zero-order valence-electron chi connectivity index (χ0n) is 13.6. The highest BCUT2D eigenvalue weighted by Crippen LogP contribution is 2.50. The van der Waals surface area contributed by atoms with Gasteiger partial charge in [0.1, 0.15) is 5.69 Å². The van der Waals surface area contributed by atoms with Crippen LogP contribution in [0.25, 0.3) is 16.9 Å². The van der Waals surface area contributed by atoms with Crippen molar-refractivity contribution in [2.24, 2.45) is 0 Å². The van der Waals surface area contributed by atoms with Gasteiger partial charge in [0.25, 0.3) is 0 Å². The highest BCUT2D eigenvalue weighted by molar-refractivity contribution is 7.62. The Bertz CT molecular complexity index is 918. The first kappa shape index (κ1) is 17.7. The average molecular weight is 379 g/mol. The van der Waals surface area contributed by atoms with Gasteiger partial charge in [-0.3, -0.25) is 4.57 Å². The van der Waals surface area contributed by atoms with Crippen LogP contribution in [0.4, 0.5) is 0 Å². The standard InChI is InChI=1S/C17H16ClN2O4P/c1-23-25(22,24-2)16-15(12-6-4-3-5-7-12)19-20(17(16)21)14-10-8-13(18)9-11-14/h3-11,21H,1-2H3. The van der Waals surface area contributed by atoms with E-state index in [1.54, 1.807) is 36.4 Å². The molecule has 0 unspecified atom stereocenters. The number of aromatic hydroxyl groups is 1. The number of aromatic nitrogens is 2. The van der Waals surface area contributed by atoms with Gasteiger partial charge >= 0.3 is 7.60 Å². The molecule has 0 saturated heterocycles. The van der Waals surface area contributed by atoms with Crippen molar-refractivity contribution in [2.45, 2.75) is 0 Å². The highest BCUT2D eigenvalue weighted by Gasteiger charge is 2.36. The molecule has 0 aliphatic rings. The molecular weight excluding hydrogens is 363 g/mol. The summed E-state index contributed by atoms with van der Waals surface area (Å²) in [5.74, 6) is -0.312. The van der Waals surface area contributed by atoms with Crippen LogP contribution in [-0.2, 0) is 13.6 Å². The quantitative estimate of drug-likeness (QED) is 0.679. The van der Waals surface area contributed by atoms with E-state index in [-0.39, 0.29) is 11.2 Å². The summed E-state index contributed by atoms with van der Waals surface area (Å²) < 4.78 is 24.4. The molecule has 0 amide bonds. The van der Waals surface area contributed by atoms with Crippen molar-refractivity contribution in [3.05, 3.63) is 59.6 Å². The van der Waals surface area contributed by atoms with E-state index in [1.807, 2.05) is 18.2 Å². The molecule has 3 rings (SSSR count). The Kier molecular flexibility index (Phi) is 4.97. The molecule has 0 aliphatic carbocycles. The van der Waals surface area contributed by atoms with Crippen LogP contribution in [0.1, 0.15) is 0 Å². The molecule has 1 heterocycles. The molecule has 1 N–H and O–H groups in total. The SMILES string of the molecule is COP(=O)(OC)c1c(-c2ccccc2)nn(-c2ccc(Cl)cc2)c1O. The fourth-order valence-corrected chi connectivity index (χ4v) is 3.88. The maximum absolute atomic E-state index is 13.0. The van der Waals surface area contributed by atoms with Crippen molar-refractivity contribution in [3.8, 4) is 22.8 Å². The minimum absolute atomic E-state index is 0.0126. The Morgan fingerprint density at radius 2 is 1.64 bits per heavy atom. The number of hydrogen-bond donors (Lipinski definition) is 1. The lowest BCUT2D eigenvalue weighted by atomic mass is 10.2. The van der Waals surface area contributed by atoms with Gasteiger partial charge in [-0.1, -0.05) is 41.9 Å². The summed E-state index contributed by atoms with van der Waals surface area (Å²) >= 11 is 5.91. The number of rotatable bonds is 5. The van der Waals surface area contributed by atoms with Crippen molar-refractivity contribution in [1.82, 2.24) is 9.78 Å². The first-order valence-electron chi connectivity index (χ1n) is 7.35. The lowest BCUT2D eigenvalue weighted by Crippen LogP contribution is -2.10. The van der Waals surface area contributed by atoms with Crippen LogP contribution in [0.2, 0.25) is 5.02 Å². The maximum atomic E-state index is 13.0. The summed E-state index contributed by atoms with van der Waals surface area (Å²) in [7, 11) is -1.22. The Morgan fingerprint density at radius 3 is 2.20 bits per heavy atom. The van der Waals surface area contributed by atoms with Gasteiger partial charge < -0.3 is 14.2 Å². The van der Waals surface area contributed by atoms with E-state index in [0.29, 0.717) is 22.0 Å². The van der Waals surface area contributed by atoms with Gasteiger partial charge in [0.2, 0.25) is 5.88 Å². The average Bonchev–Trinajstić information content (AvgIpc) is 3.00. The van der Waals surface area contributed by atoms with Crippen LogP contribution in [0.5, 0.6) is 5.88 Å².